The zero-order chi connectivity index (χ0) is 28.3. The molecule has 5 aliphatic carbocycles. The number of Topliss-reactive ketones (excluding diaryl/α,β-unsaturated/α-hetero) is 1. The van der Waals surface area contributed by atoms with E-state index in [1.807, 2.05) is 23.4 Å². The van der Waals surface area contributed by atoms with Gasteiger partial charge in [-0.2, -0.15) is 4.31 Å². The van der Waals surface area contributed by atoms with E-state index in [0.717, 1.165) is 76.2 Å². The predicted octanol–water partition coefficient (Wildman–Crippen LogP) is 6.74. The number of aliphatic hydroxyl groups is 1. The number of benzene rings is 1. The van der Waals surface area contributed by atoms with Gasteiger partial charge in [-0.05, 0) is 74.3 Å². The lowest BCUT2D eigenvalue weighted by molar-refractivity contribution is 0.0302. The molecular weight excluding hydrogens is 522 g/mol. The van der Waals surface area contributed by atoms with Crippen molar-refractivity contribution in [3.05, 3.63) is 28.8 Å². The first-order valence-electron chi connectivity index (χ1n) is 16.1. The van der Waals surface area contributed by atoms with Gasteiger partial charge < -0.3 is 9.84 Å². The molecule has 0 heterocycles. The highest BCUT2D eigenvalue weighted by Crippen LogP contribution is 2.67. The molecule has 4 saturated carbocycles. The van der Waals surface area contributed by atoms with E-state index < -0.39 is 21.5 Å². The van der Waals surface area contributed by atoms with Crippen LogP contribution in [-0.2, 0) is 16.4 Å². The summed E-state index contributed by atoms with van der Waals surface area (Å²) in [5, 5.41) is 10.4. The first-order chi connectivity index (χ1) is 19.1. The smallest absolute Gasteiger partial charge is 0.215 e. The summed E-state index contributed by atoms with van der Waals surface area (Å²) in [6.07, 6.45) is 13.5. The number of ketones is 1. The van der Waals surface area contributed by atoms with Crippen LogP contribution in [0.4, 0.5) is 0 Å². The Hall–Kier alpha value is -1.44. The van der Waals surface area contributed by atoms with E-state index in [1.165, 1.54) is 12.8 Å². The molecule has 4 atom stereocenters. The van der Waals surface area contributed by atoms with E-state index in [1.54, 1.807) is 0 Å². The van der Waals surface area contributed by atoms with Crippen LogP contribution in [0, 0.1) is 16.7 Å². The number of aliphatic hydroxyl groups excluding tert-OH is 1. The van der Waals surface area contributed by atoms with Crippen molar-refractivity contribution in [3.8, 4) is 5.75 Å². The average Bonchev–Trinajstić information content (AvgIpc) is 3.43. The van der Waals surface area contributed by atoms with Crippen LogP contribution in [-0.4, -0.2) is 47.6 Å². The SMILES string of the molecule is CCc1c(OC2CC3CCC2(CS(=O)(=O)N(C2CCCCC2)C2CCCCC2)C3(C)C)ccc2c1C(=O)CC2O. The normalized spacial score (nSPS) is 32.6. The van der Waals surface area contributed by atoms with Gasteiger partial charge in [0.2, 0.25) is 10.0 Å². The van der Waals surface area contributed by atoms with Crippen molar-refractivity contribution in [2.75, 3.05) is 5.75 Å². The Bertz CT molecular complexity index is 1210. The molecule has 222 valence electrons. The number of ether oxygens (including phenoxy) is 1. The Morgan fingerprint density at radius 3 is 2.17 bits per heavy atom. The summed E-state index contributed by atoms with van der Waals surface area (Å²) in [5.74, 6) is 1.26. The minimum Gasteiger partial charge on any atom is -0.489 e. The van der Waals surface area contributed by atoms with Crippen LogP contribution in [0.1, 0.15) is 138 Å². The molecule has 5 aliphatic rings. The van der Waals surface area contributed by atoms with Gasteiger partial charge in [0.25, 0.3) is 0 Å². The maximum atomic E-state index is 14.7. The van der Waals surface area contributed by atoms with Gasteiger partial charge in [0.15, 0.2) is 5.78 Å². The van der Waals surface area contributed by atoms with Crippen molar-refractivity contribution >= 4 is 15.8 Å². The van der Waals surface area contributed by atoms with E-state index in [-0.39, 0.29) is 41.6 Å². The summed E-state index contributed by atoms with van der Waals surface area (Å²) in [6.45, 7) is 6.58. The largest absolute Gasteiger partial charge is 0.489 e. The molecule has 0 spiro atoms. The molecule has 0 radical (unpaired) electrons. The lowest BCUT2D eigenvalue weighted by Gasteiger charge is -2.46. The topological polar surface area (TPSA) is 83.9 Å². The molecule has 0 amide bonds. The number of nitrogens with zero attached hydrogens (tertiary/aromatic N) is 1. The lowest BCUT2D eigenvalue weighted by atomic mass is 9.69. The van der Waals surface area contributed by atoms with Gasteiger partial charge in [0.05, 0.1) is 11.9 Å². The molecule has 1 N–H and O–H groups in total. The van der Waals surface area contributed by atoms with Gasteiger partial charge in [0, 0.05) is 35.0 Å². The zero-order valence-corrected chi connectivity index (χ0v) is 25.6. The number of hydrogen-bond donors (Lipinski definition) is 1. The van der Waals surface area contributed by atoms with Gasteiger partial charge in [-0.3, -0.25) is 4.79 Å². The van der Waals surface area contributed by atoms with Gasteiger partial charge in [-0.15, -0.1) is 0 Å². The van der Waals surface area contributed by atoms with E-state index in [9.17, 15) is 18.3 Å². The van der Waals surface area contributed by atoms with E-state index >= 15 is 0 Å². The molecule has 2 bridgehead atoms. The van der Waals surface area contributed by atoms with E-state index in [0.29, 0.717) is 29.2 Å². The number of carbonyl (C=O) groups excluding carboxylic acids is 1. The third kappa shape index (κ3) is 4.57. The molecule has 4 unspecified atom stereocenters. The predicted molar refractivity (Wildman–Crippen MR) is 157 cm³/mol. The van der Waals surface area contributed by atoms with Crippen molar-refractivity contribution in [2.24, 2.45) is 16.7 Å². The fourth-order valence-electron chi connectivity index (χ4n) is 9.59. The second kappa shape index (κ2) is 10.7. The monoisotopic (exact) mass is 571 g/mol. The molecule has 0 saturated heterocycles. The van der Waals surface area contributed by atoms with Crippen LogP contribution in [0.3, 0.4) is 0 Å². The van der Waals surface area contributed by atoms with Crippen molar-refractivity contribution in [2.45, 2.75) is 141 Å². The Labute approximate surface area is 241 Å². The third-order valence-corrected chi connectivity index (χ3v) is 14.0. The summed E-state index contributed by atoms with van der Waals surface area (Å²) in [5.41, 5.74) is 1.58. The molecule has 4 fully saturated rings. The number of fused-ring (bicyclic) bond motifs is 3. The number of rotatable bonds is 8. The Morgan fingerprint density at radius 2 is 1.60 bits per heavy atom. The highest BCUT2D eigenvalue weighted by Gasteiger charge is 2.67. The number of hydrogen-bond acceptors (Lipinski definition) is 5. The van der Waals surface area contributed by atoms with Crippen LogP contribution in [0.15, 0.2) is 12.1 Å². The van der Waals surface area contributed by atoms with Crippen molar-refractivity contribution in [3.63, 3.8) is 0 Å². The standard InChI is InChI=1S/C33H49NO5S/c1-4-25-29(16-15-26-27(35)20-28(36)31(25)26)39-30-19-22-17-18-33(30,32(22,2)3)21-40(37,38)34(23-11-7-5-8-12-23)24-13-9-6-10-14-24/h15-16,22-24,27,30,35H,4-14,17-21H2,1-3H3. The Kier molecular flexibility index (Phi) is 7.66. The van der Waals surface area contributed by atoms with E-state index in [4.69, 9.17) is 4.74 Å². The average molecular weight is 572 g/mol. The highest BCUT2D eigenvalue weighted by molar-refractivity contribution is 7.89. The molecule has 40 heavy (non-hydrogen) atoms. The molecule has 0 aromatic heterocycles. The summed E-state index contributed by atoms with van der Waals surface area (Å²) < 4.78 is 38.3. The summed E-state index contributed by atoms with van der Waals surface area (Å²) in [7, 11) is -3.52. The first kappa shape index (κ1) is 28.7. The molecule has 6 nitrogen and oxygen atoms in total. The minimum atomic E-state index is -3.52. The Morgan fingerprint density at radius 1 is 0.975 bits per heavy atom. The fraction of sp³-hybridized carbons (Fsp3) is 0.788. The van der Waals surface area contributed by atoms with E-state index in [2.05, 4.69) is 13.8 Å². The van der Waals surface area contributed by atoms with Crippen LogP contribution >= 0.6 is 0 Å². The van der Waals surface area contributed by atoms with Gasteiger partial charge in [-0.1, -0.05) is 65.4 Å². The number of carbonyl (C=O) groups is 1. The molecular formula is C33H49NO5S. The summed E-state index contributed by atoms with van der Waals surface area (Å²) in [4.78, 5) is 12.8. The summed E-state index contributed by atoms with van der Waals surface area (Å²) in [6, 6.07) is 4.03. The van der Waals surface area contributed by atoms with Gasteiger partial charge in [-0.25, -0.2) is 8.42 Å². The second-order valence-electron chi connectivity index (χ2n) is 14.1. The van der Waals surface area contributed by atoms with Gasteiger partial charge >= 0.3 is 0 Å². The highest BCUT2D eigenvalue weighted by atomic mass is 32.2. The van der Waals surface area contributed by atoms with Crippen LogP contribution in [0.5, 0.6) is 5.75 Å². The summed E-state index contributed by atoms with van der Waals surface area (Å²) >= 11 is 0. The van der Waals surface area contributed by atoms with Gasteiger partial charge in [0.1, 0.15) is 11.9 Å². The maximum absolute atomic E-state index is 14.7. The Balaban J connectivity index is 1.34. The second-order valence-corrected chi connectivity index (χ2v) is 16.0. The lowest BCUT2D eigenvalue weighted by Crippen LogP contribution is -2.55. The quantitative estimate of drug-likeness (QED) is 0.374. The van der Waals surface area contributed by atoms with Crippen molar-refractivity contribution < 1.29 is 23.1 Å². The van der Waals surface area contributed by atoms with Crippen LogP contribution in [0.2, 0.25) is 0 Å². The van der Waals surface area contributed by atoms with Crippen molar-refractivity contribution in [1.82, 2.24) is 4.31 Å². The molecule has 1 aromatic rings. The number of sulfonamides is 1. The maximum Gasteiger partial charge on any atom is 0.215 e. The minimum absolute atomic E-state index is 0.0223. The van der Waals surface area contributed by atoms with Crippen molar-refractivity contribution in [1.29, 1.82) is 0 Å². The molecule has 6 rings (SSSR count). The van der Waals surface area contributed by atoms with Crippen LogP contribution < -0.4 is 4.74 Å². The third-order valence-electron chi connectivity index (χ3n) is 11.9. The molecule has 0 aliphatic heterocycles. The first-order valence-corrected chi connectivity index (χ1v) is 17.7. The molecule has 7 heteroatoms. The van der Waals surface area contributed by atoms with Crippen LogP contribution in [0.25, 0.3) is 0 Å². The zero-order valence-electron chi connectivity index (χ0n) is 24.8. The molecule has 1 aromatic carbocycles. The fourth-order valence-corrected chi connectivity index (χ4v) is 12.4.